The van der Waals surface area contributed by atoms with Gasteiger partial charge in [-0.1, -0.05) is 48.7 Å². The van der Waals surface area contributed by atoms with Crippen LogP contribution in [-0.2, 0) is 4.74 Å². The molecule has 0 aromatic carbocycles. The van der Waals surface area contributed by atoms with E-state index in [1.165, 1.54) is 0 Å². The van der Waals surface area contributed by atoms with Crippen molar-refractivity contribution in [2.45, 2.75) is 30.7 Å². The van der Waals surface area contributed by atoms with Gasteiger partial charge in [0.15, 0.2) is 0 Å². The molecule has 1 unspecified atom stereocenters. The van der Waals surface area contributed by atoms with Gasteiger partial charge < -0.3 is 10.1 Å². The molecule has 4 nitrogen and oxygen atoms in total. The number of alkyl carbamates (subject to hydrolysis) is 1. The third kappa shape index (κ3) is 5.43. The van der Waals surface area contributed by atoms with E-state index in [1.807, 2.05) is 18.7 Å². The Labute approximate surface area is 111 Å². The highest BCUT2D eigenvalue weighted by atomic mass is 35.6. The molecule has 96 valence electrons. The molecule has 7 heteroatoms. The van der Waals surface area contributed by atoms with Crippen molar-refractivity contribution in [2.75, 3.05) is 19.7 Å². The van der Waals surface area contributed by atoms with Crippen LogP contribution in [0.1, 0.15) is 20.8 Å². The molecule has 0 radical (unpaired) electrons. The topological polar surface area (TPSA) is 41.6 Å². The van der Waals surface area contributed by atoms with Crippen LogP contribution in [-0.4, -0.2) is 40.6 Å². The molecule has 0 rings (SSSR count). The van der Waals surface area contributed by atoms with Crippen molar-refractivity contribution in [3.63, 3.8) is 0 Å². The van der Waals surface area contributed by atoms with Crippen molar-refractivity contribution in [2.24, 2.45) is 0 Å². The minimum atomic E-state index is -1.60. The number of ether oxygens (including phenoxy) is 1. The Hall–Kier alpha value is 0.1000. The SMILES string of the molecule is CCOC(=O)NC(N(CC)CC)C(Cl)(Cl)Cl. The van der Waals surface area contributed by atoms with E-state index in [0.717, 1.165) is 0 Å². The maximum Gasteiger partial charge on any atom is 0.408 e. The molecule has 0 aliphatic rings. The Morgan fingerprint density at radius 2 is 1.81 bits per heavy atom. The van der Waals surface area contributed by atoms with Crippen LogP contribution in [0.25, 0.3) is 0 Å². The lowest BCUT2D eigenvalue weighted by molar-refractivity contribution is 0.123. The minimum Gasteiger partial charge on any atom is -0.450 e. The summed E-state index contributed by atoms with van der Waals surface area (Å²) in [5.41, 5.74) is 0. The highest BCUT2D eigenvalue weighted by molar-refractivity contribution is 6.68. The average molecular weight is 292 g/mol. The second-order valence-electron chi connectivity index (χ2n) is 3.03. The number of nitrogens with zero attached hydrogens (tertiary/aromatic N) is 1. The van der Waals surface area contributed by atoms with E-state index in [2.05, 4.69) is 5.32 Å². The van der Waals surface area contributed by atoms with Gasteiger partial charge in [0.05, 0.1) is 6.61 Å². The van der Waals surface area contributed by atoms with Gasteiger partial charge in [-0.2, -0.15) is 0 Å². The van der Waals surface area contributed by atoms with Crippen LogP contribution in [0.15, 0.2) is 0 Å². The van der Waals surface area contributed by atoms with Crippen LogP contribution >= 0.6 is 34.8 Å². The summed E-state index contributed by atoms with van der Waals surface area (Å²) < 4.78 is 3.16. The van der Waals surface area contributed by atoms with E-state index >= 15 is 0 Å². The van der Waals surface area contributed by atoms with Crippen LogP contribution in [0.4, 0.5) is 4.79 Å². The molecular weight excluding hydrogens is 274 g/mol. The third-order valence-corrected chi connectivity index (χ3v) is 2.64. The van der Waals surface area contributed by atoms with E-state index in [1.54, 1.807) is 6.92 Å². The molecule has 0 aliphatic carbocycles. The molecule has 1 amide bonds. The van der Waals surface area contributed by atoms with Gasteiger partial charge >= 0.3 is 6.09 Å². The summed E-state index contributed by atoms with van der Waals surface area (Å²) >= 11 is 17.4. The Kier molecular flexibility index (Phi) is 7.48. The normalized spacial score (nSPS) is 13.7. The summed E-state index contributed by atoms with van der Waals surface area (Å²) in [6.07, 6.45) is -1.29. The van der Waals surface area contributed by atoms with Crippen LogP contribution in [0.2, 0.25) is 0 Å². The predicted molar refractivity (Wildman–Crippen MR) is 67.2 cm³/mol. The molecule has 16 heavy (non-hydrogen) atoms. The summed E-state index contributed by atoms with van der Waals surface area (Å²) in [7, 11) is 0. The van der Waals surface area contributed by atoms with Gasteiger partial charge in [-0.15, -0.1) is 0 Å². The predicted octanol–water partition coefficient (Wildman–Crippen LogP) is 2.77. The first-order chi connectivity index (χ1) is 7.36. The monoisotopic (exact) mass is 290 g/mol. The quantitative estimate of drug-likeness (QED) is 0.625. The number of carbonyl (C=O) groups is 1. The lowest BCUT2D eigenvalue weighted by Crippen LogP contribution is -2.55. The molecule has 0 aromatic rings. The average Bonchev–Trinajstić information content (AvgIpc) is 2.17. The van der Waals surface area contributed by atoms with Crippen molar-refractivity contribution in [1.82, 2.24) is 10.2 Å². The third-order valence-electron chi connectivity index (χ3n) is 2.02. The van der Waals surface area contributed by atoms with Crippen molar-refractivity contribution in [3.05, 3.63) is 0 Å². The molecule has 0 aliphatic heterocycles. The van der Waals surface area contributed by atoms with Gasteiger partial charge in [-0.05, 0) is 20.0 Å². The molecule has 1 atom stereocenters. The number of carbonyl (C=O) groups excluding carboxylic acids is 1. The fraction of sp³-hybridized carbons (Fsp3) is 0.889. The molecule has 0 bridgehead atoms. The maximum absolute atomic E-state index is 11.3. The number of amides is 1. The number of halogens is 3. The summed E-state index contributed by atoms with van der Waals surface area (Å²) in [6.45, 7) is 7.13. The number of hydrogen-bond donors (Lipinski definition) is 1. The van der Waals surface area contributed by atoms with Crippen molar-refractivity contribution < 1.29 is 9.53 Å². The first-order valence-electron chi connectivity index (χ1n) is 5.10. The smallest absolute Gasteiger partial charge is 0.408 e. The number of alkyl halides is 3. The highest BCUT2D eigenvalue weighted by Gasteiger charge is 2.37. The Balaban J connectivity index is 4.62. The number of hydrogen-bond acceptors (Lipinski definition) is 3. The van der Waals surface area contributed by atoms with E-state index in [4.69, 9.17) is 39.5 Å². The minimum absolute atomic E-state index is 0.274. The van der Waals surface area contributed by atoms with Crippen molar-refractivity contribution in [3.8, 4) is 0 Å². The van der Waals surface area contributed by atoms with Crippen LogP contribution < -0.4 is 5.32 Å². The highest BCUT2D eigenvalue weighted by Crippen LogP contribution is 2.32. The first-order valence-corrected chi connectivity index (χ1v) is 6.24. The number of nitrogens with one attached hydrogen (secondary N) is 1. The summed E-state index contributed by atoms with van der Waals surface area (Å²) in [6, 6.07) is 0. The molecular formula is C9H17Cl3N2O2. The standard InChI is InChI=1S/C9H17Cl3N2O2/c1-4-14(5-2)7(9(10,11)12)13-8(15)16-6-3/h7H,4-6H2,1-3H3,(H,13,15). The Bertz CT molecular complexity index is 217. The Morgan fingerprint density at radius 1 is 1.31 bits per heavy atom. The van der Waals surface area contributed by atoms with E-state index < -0.39 is 16.1 Å². The molecule has 1 N–H and O–H groups in total. The van der Waals surface area contributed by atoms with Gasteiger partial charge in [0.25, 0.3) is 0 Å². The van der Waals surface area contributed by atoms with Gasteiger partial charge in [0.2, 0.25) is 3.79 Å². The van der Waals surface area contributed by atoms with Crippen molar-refractivity contribution in [1.29, 1.82) is 0 Å². The van der Waals surface area contributed by atoms with E-state index in [9.17, 15) is 4.79 Å². The maximum atomic E-state index is 11.3. The van der Waals surface area contributed by atoms with Gasteiger partial charge in [-0.25, -0.2) is 4.79 Å². The summed E-state index contributed by atoms with van der Waals surface area (Å²) in [5, 5.41) is 2.53. The number of rotatable bonds is 5. The lowest BCUT2D eigenvalue weighted by atomic mass is 10.4. The zero-order valence-corrected chi connectivity index (χ0v) is 11.9. The second kappa shape index (κ2) is 7.43. The molecule has 0 aromatic heterocycles. The fourth-order valence-electron chi connectivity index (χ4n) is 1.25. The molecule has 0 spiro atoms. The second-order valence-corrected chi connectivity index (χ2v) is 5.40. The summed E-state index contributed by atoms with van der Waals surface area (Å²) in [5.74, 6) is 0. The van der Waals surface area contributed by atoms with E-state index in [-0.39, 0.29) is 6.61 Å². The lowest BCUT2D eigenvalue weighted by Gasteiger charge is -2.34. The molecule has 0 saturated heterocycles. The van der Waals surface area contributed by atoms with Gasteiger partial charge in [0, 0.05) is 0 Å². The van der Waals surface area contributed by atoms with Gasteiger partial charge in [0.1, 0.15) is 6.17 Å². The zero-order chi connectivity index (χ0) is 12.8. The van der Waals surface area contributed by atoms with E-state index in [0.29, 0.717) is 13.1 Å². The molecule has 0 saturated carbocycles. The zero-order valence-electron chi connectivity index (χ0n) is 9.60. The Morgan fingerprint density at radius 3 is 2.12 bits per heavy atom. The first kappa shape index (κ1) is 16.1. The van der Waals surface area contributed by atoms with Crippen LogP contribution in [0.3, 0.4) is 0 Å². The van der Waals surface area contributed by atoms with Crippen LogP contribution in [0.5, 0.6) is 0 Å². The largest absolute Gasteiger partial charge is 0.450 e. The van der Waals surface area contributed by atoms with Crippen LogP contribution in [0, 0.1) is 0 Å². The molecule has 0 fully saturated rings. The van der Waals surface area contributed by atoms with Gasteiger partial charge in [-0.3, -0.25) is 4.90 Å². The summed E-state index contributed by atoms with van der Waals surface area (Å²) in [4.78, 5) is 13.1. The molecule has 0 heterocycles. The van der Waals surface area contributed by atoms with Crippen molar-refractivity contribution >= 4 is 40.9 Å². The fourth-order valence-corrected chi connectivity index (χ4v) is 1.83.